The van der Waals surface area contributed by atoms with Gasteiger partial charge in [0.25, 0.3) is 0 Å². The second-order valence-corrected chi connectivity index (χ2v) is 12.1. The maximum absolute atomic E-state index is 6.57. The van der Waals surface area contributed by atoms with E-state index >= 15 is 0 Å². The summed E-state index contributed by atoms with van der Waals surface area (Å²) in [5.74, 6) is 0. The molecule has 0 fully saturated rings. The largest absolute Gasteiger partial charge is 0.456 e. The third-order valence-electron chi connectivity index (χ3n) is 9.98. The zero-order chi connectivity index (χ0) is 28.2. The van der Waals surface area contributed by atoms with Crippen LogP contribution in [-0.2, 0) is 6.42 Å². The summed E-state index contributed by atoms with van der Waals surface area (Å²) in [5, 5.41) is 11.4. The molecule has 4 heterocycles. The highest BCUT2D eigenvalue weighted by molar-refractivity contribution is 6.27. The predicted octanol–water partition coefficient (Wildman–Crippen LogP) is 9.36. The average Bonchev–Trinajstić information content (AvgIpc) is 3.65. The maximum Gasteiger partial charge on any atom is 0.160 e. The normalized spacial score (nSPS) is 16.8. The van der Waals surface area contributed by atoms with Gasteiger partial charge >= 0.3 is 0 Å². The van der Waals surface area contributed by atoms with E-state index in [-0.39, 0.29) is 0 Å². The lowest BCUT2D eigenvalue weighted by Gasteiger charge is -2.16. The SMILES string of the molecule is CCC1=C2C=CC=CC2[NH2+]c2c(n3c4c2cccc4c2ccc4oc5ccc(-c6cccc7ccccc67)cc5c4c23)C1. The summed E-state index contributed by atoms with van der Waals surface area (Å²) in [4.78, 5) is 0. The molecule has 3 heteroatoms. The van der Waals surface area contributed by atoms with Crippen LogP contribution in [-0.4, -0.2) is 10.4 Å². The fourth-order valence-corrected chi connectivity index (χ4v) is 8.05. The van der Waals surface area contributed by atoms with Crippen molar-refractivity contribution in [2.45, 2.75) is 25.8 Å². The number of rotatable bonds is 2. The van der Waals surface area contributed by atoms with Crippen molar-refractivity contribution in [1.29, 1.82) is 0 Å². The van der Waals surface area contributed by atoms with E-state index in [1.54, 1.807) is 0 Å². The van der Waals surface area contributed by atoms with E-state index in [1.807, 2.05) is 0 Å². The van der Waals surface area contributed by atoms with Crippen molar-refractivity contribution >= 4 is 65.6 Å². The first-order valence-electron chi connectivity index (χ1n) is 15.3. The molecule has 1 atom stereocenters. The minimum atomic E-state index is 0.316. The van der Waals surface area contributed by atoms with Gasteiger partial charge in [0.15, 0.2) is 5.69 Å². The van der Waals surface area contributed by atoms with Crippen molar-refractivity contribution in [2.24, 2.45) is 0 Å². The van der Waals surface area contributed by atoms with Gasteiger partial charge in [-0.3, -0.25) is 0 Å². The van der Waals surface area contributed by atoms with Crippen LogP contribution < -0.4 is 5.32 Å². The van der Waals surface area contributed by atoms with Gasteiger partial charge in [-0.25, -0.2) is 0 Å². The van der Waals surface area contributed by atoms with E-state index in [0.717, 1.165) is 24.0 Å². The molecule has 0 saturated carbocycles. The number of nitrogens with two attached hydrogens (primary N) is 1. The fourth-order valence-electron chi connectivity index (χ4n) is 8.05. The molecule has 10 rings (SSSR count). The highest BCUT2D eigenvalue weighted by atomic mass is 16.3. The molecule has 0 spiro atoms. The first kappa shape index (κ1) is 23.4. The molecule has 2 N–H and O–H groups in total. The van der Waals surface area contributed by atoms with Crippen LogP contribution in [0.5, 0.6) is 0 Å². The summed E-state index contributed by atoms with van der Waals surface area (Å²) in [7, 11) is 0. The lowest BCUT2D eigenvalue weighted by atomic mass is 9.94. The quantitative estimate of drug-likeness (QED) is 0.227. The number of furan rings is 1. The van der Waals surface area contributed by atoms with Crippen molar-refractivity contribution in [3.8, 4) is 11.1 Å². The Kier molecular flexibility index (Phi) is 4.62. The van der Waals surface area contributed by atoms with Gasteiger partial charge in [-0.05, 0) is 64.7 Å². The Labute approximate surface area is 248 Å². The van der Waals surface area contributed by atoms with Gasteiger partial charge in [0.2, 0.25) is 0 Å². The molecule has 0 bridgehead atoms. The first-order valence-corrected chi connectivity index (χ1v) is 15.3. The molecule has 1 unspecified atom stereocenters. The molecule has 0 amide bonds. The number of quaternary nitrogens is 1. The minimum absolute atomic E-state index is 0.316. The average molecular weight is 554 g/mol. The Morgan fingerprint density at radius 1 is 0.767 bits per heavy atom. The number of benzene rings is 5. The zero-order valence-corrected chi connectivity index (χ0v) is 23.9. The van der Waals surface area contributed by atoms with E-state index in [2.05, 4.69) is 132 Å². The van der Waals surface area contributed by atoms with E-state index in [1.165, 1.54) is 82.4 Å². The number of fused-ring (bicyclic) bond motifs is 12. The van der Waals surface area contributed by atoms with Crippen molar-refractivity contribution in [2.75, 3.05) is 0 Å². The number of hydrogen-bond acceptors (Lipinski definition) is 1. The summed E-state index contributed by atoms with van der Waals surface area (Å²) in [6, 6.07) is 33.6. The van der Waals surface area contributed by atoms with Gasteiger partial charge in [0.1, 0.15) is 17.2 Å². The van der Waals surface area contributed by atoms with E-state index in [0.29, 0.717) is 6.04 Å². The third-order valence-corrected chi connectivity index (χ3v) is 9.98. The highest BCUT2D eigenvalue weighted by Gasteiger charge is 2.32. The van der Waals surface area contributed by atoms with Crippen LogP contribution in [0, 0.1) is 0 Å². The second kappa shape index (κ2) is 8.47. The molecule has 1 aliphatic heterocycles. The van der Waals surface area contributed by atoms with Crippen molar-refractivity contribution in [1.82, 2.24) is 4.40 Å². The molecule has 8 aromatic rings. The number of para-hydroxylation sites is 1. The third kappa shape index (κ3) is 3.07. The summed E-state index contributed by atoms with van der Waals surface area (Å²) >= 11 is 0. The summed E-state index contributed by atoms with van der Waals surface area (Å²) in [6.45, 7) is 2.30. The summed E-state index contributed by atoms with van der Waals surface area (Å²) in [6.07, 6.45) is 11.1. The molecule has 43 heavy (non-hydrogen) atoms. The predicted molar refractivity (Wildman–Crippen MR) is 178 cm³/mol. The van der Waals surface area contributed by atoms with Gasteiger partial charge in [-0.2, -0.15) is 0 Å². The van der Waals surface area contributed by atoms with E-state index < -0.39 is 0 Å². The Bertz CT molecular complexity index is 2550. The van der Waals surface area contributed by atoms with Gasteiger partial charge in [-0.1, -0.05) is 91.4 Å². The fraction of sp³-hybridized carbons (Fsp3) is 0.100. The van der Waals surface area contributed by atoms with Crippen LogP contribution in [0.1, 0.15) is 19.0 Å². The number of allylic oxidation sites excluding steroid dienone is 3. The van der Waals surface area contributed by atoms with Crippen molar-refractivity contribution < 1.29 is 9.73 Å². The van der Waals surface area contributed by atoms with E-state index in [9.17, 15) is 0 Å². The summed E-state index contributed by atoms with van der Waals surface area (Å²) in [5.41, 5.74) is 12.7. The van der Waals surface area contributed by atoms with Crippen LogP contribution in [0.4, 0.5) is 5.69 Å². The number of hydrogen-bond donors (Lipinski definition) is 1. The molecular weight excluding hydrogens is 524 g/mol. The van der Waals surface area contributed by atoms with Crippen LogP contribution >= 0.6 is 0 Å². The second-order valence-electron chi connectivity index (χ2n) is 12.1. The van der Waals surface area contributed by atoms with Crippen molar-refractivity contribution in [3.05, 3.63) is 132 Å². The van der Waals surface area contributed by atoms with Gasteiger partial charge in [0.05, 0.1) is 27.5 Å². The van der Waals surface area contributed by atoms with Gasteiger partial charge in [-0.15, -0.1) is 0 Å². The molecule has 3 aromatic heterocycles. The van der Waals surface area contributed by atoms with Crippen LogP contribution in [0.25, 0.3) is 71.0 Å². The Morgan fingerprint density at radius 2 is 1.58 bits per heavy atom. The molecule has 5 aromatic carbocycles. The van der Waals surface area contributed by atoms with Gasteiger partial charge in [0, 0.05) is 28.2 Å². The molecule has 204 valence electrons. The Balaban J connectivity index is 1.33. The molecule has 0 radical (unpaired) electrons. The first-order chi connectivity index (χ1) is 21.3. The van der Waals surface area contributed by atoms with E-state index in [4.69, 9.17) is 4.42 Å². The molecule has 1 aliphatic carbocycles. The standard InChI is InChI=1S/C40H28N2O/c1-2-23-22-34-38(41-33-16-6-5-12-28(23)33)31-15-8-14-29-30-18-20-36-37(40(30)42(34)39(29)31)32-21-25(17-19-35(32)43-36)27-13-7-10-24-9-3-4-11-26(24)27/h3-21,33,41H,2,22H2,1H3/p+1. The van der Waals surface area contributed by atoms with Crippen molar-refractivity contribution in [3.63, 3.8) is 0 Å². The highest BCUT2D eigenvalue weighted by Crippen LogP contribution is 2.45. The number of aromatic nitrogens is 1. The Morgan fingerprint density at radius 3 is 2.53 bits per heavy atom. The lowest BCUT2D eigenvalue weighted by Crippen LogP contribution is -2.84. The molecule has 3 nitrogen and oxygen atoms in total. The van der Waals surface area contributed by atoms with Gasteiger partial charge < -0.3 is 14.1 Å². The molecular formula is C40H29N2O+. The lowest BCUT2D eigenvalue weighted by molar-refractivity contribution is -0.588. The van der Waals surface area contributed by atoms with Crippen LogP contribution in [0.15, 0.2) is 131 Å². The monoisotopic (exact) mass is 553 g/mol. The topological polar surface area (TPSA) is 34.2 Å². The smallest absolute Gasteiger partial charge is 0.160 e. The minimum Gasteiger partial charge on any atom is -0.456 e. The summed E-state index contributed by atoms with van der Waals surface area (Å²) < 4.78 is 9.16. The molecule has 0 saturated heterocycles. The van der Waals surface area contributed by atoms with Crippen LogP contribution in [0.2, 0.25) is 0 Å². The Hall–Kier alpha value is -5.12. The zero-order valence-electron chi connectivity index (χ0n) is 23.9. The number of nitrogens with zero attached hydrogens (tertiary/aromatic N) is 1. The van der Waals surface area contributed by atoms with Crippen LogP contribution in [0.3, 0.4) is 0 Å². The molecule has 2 aliphatic rings. The maximum atomic E-state index is 6.57.